The molecular formula is C24H26N2O3. The fourth-order valence-corrected chi connectivity index (χ4v) is 3.34. The number of hydrogen-bond acceptors (Lipinski definition) is 5. The Kier molecular flexibility index (Phi) is 5.80. The lowest BCUT2D eigenvalue weighted by Gasteiger charge is -2.30. The van der Waals surface area contributed by atoms with E-state index in [-0.39, 0.29) is 5.41 Å². The van der Waals surface area contributed by atoms with Gasteiger partial charge in [0, 0.05) is 36.8 Å². The van der Waals surface area contributed by atoms with Crippen LogP contribution in [0.15, 0.2) is 60.9 Å². The summed E-state index contributed by atoms with van der Waals surface area (Å²) >= 11 is 0. The maximum Gasteiger partial charge on any atom is 0.305 e. The number of benzene rings is 2. The maximum absolute atomic E-state index is 12.3. The van der Waals surface area contributed by atoms with Gasteiger partial charge in [-0.2, -0.15) is 0 Å². The van der Waals surface area contributed by atoms with E-state index in [0.717, 1.165) is 16.3 Å². The number of rotatable bonds is 6. The molecule has 0 aliphatic heterocycles. The van der Waals surface area contributed by atoms with Gasteiger partial charge in [-0.05, 0) is 28.0 Å². The van der Waals surface area contributed by atoms with Gasteiger partial charge in [-0.1, -0.05) is 63.2 Å². The Morgan fingerprint density at radius 1 is 1.10 bits per heavy atom. The third kappa shape index (κ3) is 4.51. The zero-order valence-electron chi connectivity index (χ0n) is 17.2. The van der Waals surface area contributed by atoms with Crippen molar-refractivity contribution in [1.29, 1.82) is 0 Å². The van der Waals surface area contributed by atoms with E-state index in [4.69, 9.17) is 4.74 Å². The first-order valence-electron chi connectivity index (χ1n) is 9.59. The summed E-state index contributed by atoms with van der Waals surface area (Å²) < 4.78 is 5.54. The van der Waals surface area contributed by atoms with Gasteiger partial charge in [0.05, 0.1) is 0 Å². The number of nitrogens with zero attached hydrogens (tertiary/aromatic N) is 1. The van der Waals surface area contributed by atoms with Crippen LogP contribution in [-0.2, 0) is 32.0 Å². The molecule has 2 aromatic carbocycles. The van der Waals surface area contributed by atoms with Gasteiger partial charge in [-0.15, -0.1) is 0 Å². The van der Waals surface area contributed by atoms with Crippen molar-refractivity contribution < 1.29 is 14.3 Å². The fraction of sp³-hybridized carbons (Fsp3) is 0.292. The fourth-order valence-electron chi connectivity index (χ4n) is 3.34. The van der Waals surface area contributed by atoms with Crippen molar-refractivity contribution >= 4 is 23.0 Å². The monoisotopic (exact) mass is 390 g/mol. The van der Waals surface area contributed by atoms with Gasteiger partial charge in [-0.3, -0.25) is 19.9 Å². The van der Waals surface area contributed by atoms with Gasteiger partial charge in [0.1, 0.15) is 0 Å². The van der Waals surface area contributed by atoms with E-state index in [1.807, 2.05) is 30.3 Å². The highest BCUT2D eigenvalue weighted by Gasteiger charge is 2.36. The van der Waals surface area contributed by atoms with Crippen molar-refractivity contribution in [2.24, 2.45) is 0 Å². The Balaban J connectivity index is 1.97. The Morgan fingerprint density at radius 2 is 1.83 bits per heavy atom. The highest BCUT2D eigenvalue weighted by molar-refractivity contribution is 5.89. The molecule has 0 aliphatic carbocycles. The van der Waals surface area contributed by atoms with Gasteiger partial charge < -0.3 is 4.74 Å². The number of ether oxygens (including phenoxy) is 1. The highest BCUT2D eigenvalue weighted by atomic mass is 16.6. The van der Waals surface area contributed by atoms with E-state index in [2.05, 4.69) is 43.2 Å². The van der Waals surface area contributed by atoms with E-state index in [1.165, 1.54) is 12.5 Å². The SMILES string of the molecule is CC(=O)OC(C=O)(NCc1ccc(C(C)(C)C)cc1)c1cccc2cnccc12. The number of aldehydes is 1. The number of aromatic nitrogens is 1. The molecule has 0 radical (unpaired) electrons. The minimum absolute atomic E-state index is 0.0627. The first kappa shape index (κ1) is 20.7. The largest absolute Gasteiger partial charge is 0.432 e. The van der Waals surface area contributed by atoms with Crippen LogP contribution in [0.25, 0.3) is 10.8 Å². The van der Waals surface area contributed by atoms with E-state index in [0.29, 0.717) is 18.4 Å². The highest BCUT2D eigenvalue weighted by Crippen LogP contribution is 2.29. The molecule has 3 rings (SSSR count). The molecule has 0 bridgehead atoms. The van der Waals surface area contributed by atoms with Crippen LogP contribution in [0.5, 0.6) is 0 Å². The zero-order valence-corrected chi connectivity index (χ0v) is 17.2. The number of nitrogens with one attached hydrogen (secondary N) is 1. The summed E-state index contributed by atoms with van der Waals surface area (Å²) in [5.74, 6) is -0.543. The number of esters is 1. The third-order valence-electron chi connectivity index (χ3n) is 4.93. The topological polar surface area (TPSA) is 68.3 Å². The van der Waals surface area contributed by atoms with Crippen molar-refractivity contribution in [2.75, 3.05) is 0 Å². The summed E-state index contributed by atoms with van der Waals surface area (Å²) in [7, 11) is 0. The summed E-state index contributed by atoms with van der Waals surface area (Å²) in [6, 6.07) is 15.5. The molecule has 1 N–H and O–H groups in total. The Bertz CT molecular complexity index is 1020. The molecule has 1 unspecified atom stereocenters. The number of carbonyl (C=O) groups excluding carboxylic acids is 2. The van der Waals surface area contributed by atoms with Gasteiger partial charge in [0.25, 0.3) is 0 Å². The quantitative estimate of drug-likeness (QED) is 0.387. The van der Waals surface area contributed by atoms with Crippen LogP contribution >= 0.6 is 0 Å². The van der Waals surface area contributed by atoms with Crippen LogP contribution in [0.1, 0.15) is 44.4 Å². The maximum atomic E-state index is 12.3. The van der Waals surface area contributed by atoms with E-state index in [1.54, 1.807) is 18.5 Å². The molecule has 0 saturated carbocycles. The van der Waals surface area contributed by atoms with Crippen LogP contribution in [0, 0.1) is 0 Å². The van der Waals surface area contributed by atoms with E-state index in [9.17, 15) is 9.59 Å². The Hall–Kier alpha value is -3.05. The second-order valence-corrected chi connectivity index (χ2v) is 8.15. The predicted octanol–water partition coefficient (Wildman–Crippen LogP) is 4.24. The van der Waals surface area contributed by atoms with E-state index < -0.39 is 11.7 Å². The normalized spacial score (nSPS) is 13.7. The summed E-state index contributed by atoms with van der Waals surface area (Å²) in [5, 5.41) is 4.82. The summed E-state index contributed by atoms with van der Waals surface area (Å²) in [6.07, 6.45) is 4.01. The summed E-state index contributed by atoms with van der Waals surface area (Å²) in [5.41, 5.74) is 1.26. The van der Waals surface area contributed by atoms with Crippen molar-refractivity contribution in [2.45, 2.75) is 45.4 Å². The number of carbonyl (C=O) groups is 2. The number of hydrogen-bond donors (Lipinski definition) is 1. The second-order valence-electron chi connectivity index (χ2n) is 8.15. The van der Waals surface area contributed by atoms with Gasteiger partial charge >= 0.3 is 5.97 Å². The molecule has 5 nitrogen and oxygen atoms in total. The zero-order chi connectivity index (χ0) is 21.1. The molecule has 3 aromatic rings. The molecule has 29 heavy (non-hydrogen) atoms. The smallest absolute Gasteiger partial charge is 0.305 e. The molecule has 0 spiro atoms. The first-order valence-corrected chi connectivity index (χ1v) is 9.59. The molecule has 0 fully saturated rings. The lowest BCUT2D eigenvalue weighted by atomic mass is 9.87. The number of fused-ring (bicyclic) bond motifs is 1. The van der Waals surface area contributed by atoms with Crippen LogP contribution in [-0.4, -0.2) is 17.2 Å². The standard InChI is InChI=1S/C24H26N2O3/c1-17(28)29-24(16-27,22-7-5-6-19-15-25-13-12-21(19)22)26-14-18-8-10-20(11-9-18)23(2,3)4/h5-13,15-16,26H,14H2,1-4H3. The van der Waals surface area contributed by atoms with Gasteiger partial charge in [0.2, 0.25) is 5.72 Å². The molecule has 1 heterocycles. The Morgan fingerprint density at radius 3 is 2.45 bits per heavy atom. The van der Waals surface area contributed by atoms with Crippen molar-refractivity contribution in [3.8, 4) is 0 Å². The van der Waals surface area contributed by atoms with Crippen LogP contribution in [0.3, 0.4) is 0 Å². The molecule has 0 amide bonds. The molecule has 1 atom stereocenters. The number of pyridine rings is 1. The molecule has 0 aliphatic rings. The minimum Gasteiger partial charge on any atom is -0.432 e. The van der Waals surface area contributed by atoms with Crippen molar-refractivity contribution in [3.05, 3.63) is 77.6 Å². The van der Waals surface area contributed by atoms with Gasteiger partial charge in [-0.25, -0.2) is 0 Å². The predicted molar refractivity (Wildman–Crippen MR) is 113 cm³/mol. The Labute approximate surface area is 171 Å². The molecule has 5 heteroatoms. The van der Waals surface area contributed by atoms with Crippen molar-refractivity contribution in [3.63, 3.8) is 0 Å². The minimum atomic E-state index is -1.59. The lowest BCUT2D eigenvalue weighted by Crippen LogP contribution is -2.47. The average Bonchev–Trinajstić information content (AvgIpc) is 2.70. The molecule has 150 valence electrons. The summed E-state index contributed by atoms with van der Waals surface area (Å²) in [6.45, 7) is 8.14. The lowest BCUT2D eigenvalue weighted by molar-refractivity contribution is -0.166. The first-order chi connectivity index (χ1) is 13.7. The van der Waals surface area contributed by atoms with Crippen molar-refractivity contribution in [1.82, 2.24) is 10.3 Å². The third-order valence-corrected chi connectivity index (χ3v) is 4.93. The molecule has 0 saturated heterocycles. The van der Waals surface area contributed by atoms with Crippen LogP contribution in [0.4, 0.5) is 0 Å². The van der Waals surface area contributed by atoms with Crippen LogP contribution < -0.4 is 5.32 Å². The van der Waals surface area contributed by atoms with Crippen LogP contribution in [0.2, 0.25) is 0 Å². The van der Waals surface area contributed by atoms with Gasteiger partial charge in [0.15, 0.2) is 6.29 Å². The molecular weight excluding hydrogens is 364 g/mol. The van der Waals surface area contributed by atoms with E-state index >= 15 is 0 Å². The second kappa shape index (κ2) is 8.13. The molecule has 1 aromatic heterocycles. The summed E-state index contributed by atoms with van der Waals surface area (Å²) in [4.78, 5) is 28.2. The average molecular weight is 390 g/mol.